The first kappa shape index (κ1) is 24.3. The first-order valence-corrected chi connectivity index (χ1v) is 12.4. The number of nitrogens with zero attached hydrogens (tertiary/aromatic N) is 3. The SMILES string of the molecule is CCCCCN(CCCCC)c1ccc(/C=C2\SC(=S)N(Cc3noc(=O)[nH]3)C2=O)cc1. The number of unbranched alkanes of at least 4 members (excludes halogenated alkanes) is 4. The number of thioether (sulfide) groups is 1. The summed E-state index contributed by atoms with van der Waals surface area (Å²) in [6, 6.07) is 8.35. The molecule has 1 aliphatic rings. The summed E-state index contributed by atoms with van der Waals surface area (Å²) in [5.74, 6) is -0.587. The molecule has 1 aromatic heterocycles. The largest absolute Gasteiger partial charge is 0.438 e. The molecule has 1 amide bonds. The van der Waals surface area contributed by atoms with Gasteiger partial charge in [-0.1, -0.05) is 80.8 Å². The monoisotopic (exact) mass is 474 g/mol. The molecule has 2 heterocycles. The fourth-order valence-corrected chi connectivity index (χ4v) is 4.78. The van der Waals surface area contributed by atoms with E-state index >= 15 is 0 Å². The molecule has 1 aromatic carbocycles. The first-order chi connectivity index (χ1) is 15.5. The molecule has 9 heteroatoms. The maximum Gasteiger partial charge on any atom is 0.438 e. The summed E-state index contributed by atoms with van der Waals surface area (Å²) < 4.78 is 4.92. The van der Waals surface area contributed by atoms with Gasteiger partial charge in [0.05, 0.1) is 11.4 Å². The molecule has 0 unspecified atom stereocenters. The summed E-state index contributed by atoms with van der Waals surface area (Å²) in [6.07, 6.45) is 9.17. The van der Waals surface area contributed by atoms with Crippen molar-refractivity contribution in [1.29, 1.82) is 0 Å². The maximum atomic E-state index is 12.8. The van der Waals surface area contributed by atoms with Gasteiger partial charge in [0.15, 0.2) is 5.82 Å². The highest BCUT2D eigenvalue weighted by Crippen LogP contribution is 2.33. The van der Waals surface area contributed by atoms with Crippen molar-refractivity contribution in [2.45, 2.75) is 58.9 Å². The third-order valence-corrected chi connectivity index (χ3v) is 6.66. The number of hydrogen-bond acceptors (Lipinski definition) is 7. The zero-order chi connectivity index (χ0) is 22.9. The van der Waals surface area contributed by atoms with Crippen LogP contribution in [0, 0.1) is 0 Å². The third-order valence-electron chi connectivity index (χ3n) is 5.29. The molecular formula is C23H30N4O3S2. The van der Waals surface area contributed by atoms with Crippen molar-refractivity contribution in [3.8, 4) is 0 Å². The number of hydrogen-bond donors (Lipinski definition) is 1. The van der Waals surface area contributed by atoms with Crippen molar-refractivity contribution in [2.24, 2.45) is 0 Å². The van der Waals surface area contributed by atoms with Crippen LogP contribution in [0.4, 0.5) is 5.69 Å². The number of carbonyl (C=O) groups is 1. The molecule has 0 saturated carbocycles. The van der Waals surface area contributed by atoms with Gasteiger partial charge in [0.25, 0.3) is 5.91 Å². The van der Waals surface area contributed by atoms with Crippen LogP contribution in [0.3, 0.4) is 0 Å². The van der Waals surface area contributed by atoms with Gasteiger partial charge in [0, 0.05) is 18.8 Å². The summed E-state index contributed by atoms with van der Waals surface area (Å²) in [4.78, 5) is 30.8. The van der Waals surface area contributed by atoms with E-state index < -0.39 is 5.76 Å². The highest BCUT2D eigenvalue weighted by atomic mass is 32.2. The number of aromatic nitrogens is 2. The number of rotatable bonds is 12. The number of benzene rings is 1. The standard InChI is InChI=1S/C23H30N4O3S2/c1-3-5-7-13-26(14-8-6-4-2)18-11-9-17(10-12-18)15-19-21(28)27(23(31)32-19)16-20-24-22(29)30-25-20/h9-12,15H,3-8,13-14,16H2,1-2H3,(H,24,25,29)/b19-15-. The minimum absolute atomic E-state index is 0.0805. The van der Waals surface area contributed by atoms with Crippen molar-refractivity contribution < 1.29 is 9.32 Å². The molecular weight excluding hydrogens is 444 g/mol. The third kappa shape index (κ3) is 6.56. The fourth-order valence-electron chi connectivity index (χ4n) is 3.52. The topological polar surface area (TPSA) is 82.4 Å². The second-order valence-electron chi connectivity index (χ2n) is 7.80. The maximum absolute atomic E-state index is 12.8. The molecule has 1 saturated heterocycles. The van der Waals surface area contributed by atoms with Crippen LogP contribution in [0.15, 0.2) is 38.5 Å². The minimum Gasteiger partial charge on any atom is -0.372 e. The van der Waals surface area contributed by atoms with Crippen LogP contribution in [-0.2, 0) is 11.3 Å². The fraction of sp³-hybridized carbons (Fsp3) is 0.478. The van der Waals surface area contributed by atoms with E-state index in [0.717, 1.165) is 18.7 Å². The van der Waals surface area contributed by atoms with E-state index in [1.54, 1.807) is 0 Å². The van der Waals surface area contributed by atoms with Crippen molar-refractivity contribution in [2.75, 3.05) is 18.0 Å². The van der Waals surface area contributed by atoms with Crippen molar-refractivity contribution in [3.63, 3.8) is 0 Å². The van der Waals surface area contributed by atoms with E-state index in [1.807, 2.05) is 18.2 Å². The molecule has 172 valence electrons. The molecule has 1 N–H and O–H groups in total. The molecule has 2 aromatic rings. The summed E-state index contributed by atoms with van der Waals surface area (Å²) >= 11 is 6.59. The lowest BCUT2D eigenvalue weighted by Gasteiger charge is -2.25. The van der Waals surface area contributed by atoms with Crippen LogP contribution < -0.4 is 10.7 Å². The van der Waals surface area contributed by atoms with Gasteiger partial charge in [0.1, 0.15) is 4.32 Å². The molecule has 0 bridgehead atoms. The molecule has 7 nitrogen and oxygen atoms in total. The van der Waals surface area contributed by atoms with Gasteiger partial charge >= 0.3 is 5.76 Å². The van der Waals surface area contributed by atoms with Gasteiger partial charge in [-0.3, -0.25) is 19.2 Å². The van der Waals surface area contributed by atoms with Crippen LogP contribution in [0.5, 0.6) is 0 Å². The Bertz CT molecular complexity index is 987. The van der Waals surface area contributed by atoms with Gasteiger partial charge in [0.2, 0.25) is 0 Å². The minimum atomic E-state index is -0.653. The van der Waals surface area contributed by atoms with Crippen molar-refractivity contribution in [1.82, 2.24) is 15.0 Å². The Morgan fingerprint density at radius 1 is 1.09 bits per heavy atom. The van der Waals surface area contributed by atoms with Crippen LogP contribution in [0.25, 0.3) is 6.08 Å². The Morgan fingerprint density at radius 3 is 2.31 bits per heavy atom. The zero-order valence-electron chi connectivity index (χ0n) is 18.6. The van der Waals surface area contributed by atoms with Crippen LogP contribution in [0.1, 0.15) is 63.8 Å². The van der Waals surface area contributed by atoms with Gasteiger partial charge in [-0.05, 0) is 36.6 Å². The van der Waals surface area contributed by atoms with E-state index in [-0.39, 0.29) is 18.3 Å². The number of anilines is 1. The number of H-pyrrole nitrogens is 1. The van der Waals surface area contributed by atoms with Gasteiger partial charge < -0.3 is 4.90 Å². The van der Waals surface area contributed by atoms with Crippen molar-refractivity contribution in [3.05, 3.63) is 51.1 Å². The Labute approximate surface area is 198 Å². The Hall–Kier alpha value is -2.39. The molecule has 0 aliphatic carbocycles. The van der Waals surface area contributed by atoms with Crippen LogP contribution in [-0.4, -0.2) is 38.4 Å². The average molecular weight is 475 g/mol. The van der Waals surface area contributed by atoms with Gasteiger partial charge in [-0.25, -0.2) is 4.79 Å². The highest BCUT2D eigenvalue weighted by molar-refractivity contribution is 8.26. The summed E-state index contributed by atoms with van der Waals surface area (Å²) in [5, 5.41) is 3.61. The molecule has 32 heavy (non-hydrogen) atoms. The smallest absolute Gasteiger partial charge is 0.372 e. The van der Waals surface area contributed by atoms with Crippen LogP contribution in [0.2, 0.25) is 0 Å². The Balaban J connectivity index is 1.68. The van der Waals surface area contributed by atoms with E-state index in [9.17, 15) is 9.59 Å². The number of aromatic amines is 1. The second-order valence-corrected chi connectivity index (χ2v) is 9.48. The lowest BCUT2D eigenvalue weighted by molar-refractivity contribution is -0.122. The predicted octanol–water partition coefficient (Wildman–Crippen LogP) is 4.95. The summed E-state index contributed by atoms with van der Waals surface area (Å²) in [7, 11) is 0. The van der Waals surface area contributed by atoms with Gasteiger partial charge in [-0.2, -0.15) is 0 Å². The van der Waals surface area contributed by atoms with Crippen LogP contribution >= 0.6 is 24.0 Å². The highest BCUT2D eigenvalue weighted by Gasteiger charge is 2.32. The van der Waals surface area contributed by atoms with E-state index in [0.29, 0.717) is 9.23 Å². The second kappa shape index (κ2) is 12.0. The number of carbonyl (C=O) groups excluding carboxylic acids is 1. The lowest BCUT2D eigenvalue weighted by atomic mass is 10.1. The quantitative estimate of drug-likeness (QED) is 0.265. The average Bonchev–Trinajstić information content (AvgIpc) is 3.31. The molecule has 1 aliphatic heterocycles. The number of thiocarbonyl (C=S) groups is 1. The molecule has 0 radical (unpaired) electrons. The molecule has 0 spiro atoms. The normalized spacial score (nSPS) is 15.2. The lowest BCUT2D eigenvalue weighted by Crippen LogP contribution is -2.28. The number of amides is 1. The van der Waals surface area contributed by atoms with E-state index in [1.165, 1.54) is 60.9 Å². The predicted molar refractivity (Wildman–Crippen MR) is 134 cm³/mol. The Morgan fingerprint density at radius 2 is 1.75 bits per heavy atom. The van der Waals surface area contributed by atoms with E-state index in [4.69, 9.17) is 12.2 Å². The van der Waals surface area contributed by atoms with Crippen molar-refractivity contribution >= 4 is 46.0 Å². The number of nitrogens with one attached hydrogen (secondary N) is 1. The molecule has 3 rings (SSSR count). The Kier molecular flexibility index (Phi) is 9.11. The van der Waals surface area contributed by atoms with E-state index in [2.05, 4.69) is 45.5 Å². The molecule has 0 atom stereocenters. The zero-order valence-corrected chi connectivity index (χ0v) is 20.3. The summed E-state index contributed by atoms with van der Waals surface area (Å²) in [5.41, 5.74) is 2.17. The summed E-state index contributed by atoms with van der Waals surface area (Å²) in [6.45, 7) is 6.67. The van der Waals surface area contributed by atoms with Gasteiger partial charge in [-0.15, -0.1) is 0 Å². The molecule has 1 fully saturated rings. The first-order valence-electron chi connectivity index (χ1n) is 11.2.